The molecule has 126 valence electrons. The maximum absolute atomic E-state index is 12.4. The number of benzene rings is 2. The highest BCUT2D eigenvalue weighted by Crippen LogP contribution is 2.33. The molecule has 0 atom stereocenters. The van der Waals surface area contributed by atoms with Gasteiger partial charge in [0.2, 0.25) is 0 Å². The van der Waals surface area contributed by atoms with Crippen molar-refractivity contribution in [3.05, 3.63) is 53.1 Å². The minimum Gasteiger partial charge on any atom is -0.370 e. The Morgan fingerprint density at radius 3 is 2.17 bits per heavy atom. The predicted molar refractivity (Wildman–Crippen MR) is 94.6 cm³/mol. The summed E-state index contributed by atoms with van der Waals surface area (Å²) in [6.07, 6.45) is 1.12. The SMILES string of the molecule is Cc1ccccc1-c1ccc(C(=O)N=C(N)N)c(C)c1S(C)(=O)=O. The van der Waals surface area contributed by atoms with E-state index >= 15 is 0 Å². The first-order valence-corrected chi connectivity index (χ1v) is 9.05. The summed E-state index contributed by atoms with van der Waals surface area (Å²) in [7, 11) is -3.58. The van der Waals surface area contributed by atoms with Crippen LogP contribution in [0.15, 0.2) is 46.3 Å². The zero-order valence-corrected chi connectivity index (χ0v) is 14.5. The highest BCUT2D eigenvalue weighted by Gasteiger charge is 2.23. The Balaban J connectivity index is 2.82. The van der Waals surface area contributed by atoms with E-state index in [0.29, 0.717) is 11.1 Å². The fourth-order valence-corrected chi connectivity index (χ4v) is 3.91. The Hall–Kier alpha value is -2.67. The highest BCUT2D eigenvalue weighted by molar-refractivity contribution is 7.91. The lowest BCUT2D eigenvalue weighted by Gasteiger charge is -2.15. The number of carbonyl (C=O) groups excluding carboxylic acids is 1. The summed E-state index contributed by atoms with van der Waals surface area (Å²) in [5.41, 5.74) is 13.2. The molecule has 2 rings (SSSR count). The number of amides is 1. The molecule has 0 saturated heterocycles. The minimum absolute atomic E-state index is 0.105. The van der Waals surface area contributed by atoms with Gasteiger partial charge in [-0.05, 0) is 36.6 Å². The van der Waals surface area contributed by atoms with Crippen LogP contribution < -0.4 is 11.5 Å². The van der Waals surface area contributed by atoms with Crippen molar-refractivity contribution in [1.82, 2.24) is 0 Å². The van der Waals surface area contributed by atoms with Crippen LogP contribution in [0.3, 0.4) is 0 Å². The lowest BCUT2D eigenvalue weighted by atomic mass is 9.96. The molecule has 24 heavy (non-hydrogen) atoms. The largest absolute Gasteiger partial charge is 0.370 e. The van der Waals surface area contributed by atoms with E-state index in [-0.39, 0.29) is 16.4 Å². The monoisotopic (exact) mass is 345 g/mol. The smallest absolute Gasteiger partial charge is 0.280 e. The molecule has 0 aromatic heterocycles. The Morgan fingerprint density at radius 2 is 1.62 bits per heavy atom. The van der Waals surface area contributed by atoms with Gasteiger partial charge in [-0.25, -0.2) is 8.42 Å². The first kappa shape index (κ1) is 17.7. The molecule has 0 heterocycles. The summed E-state index contributed by atoms with van der Waals surface area (Å²) >= 11 is 0. The molecular weight excluding hydrogens is 326 g/mol. The summed E-state index contributed by atoms with van der Waals surface area (Å²) in [6.45, 7) is 3.48. The molecule has 0 aliphatic heterocycles. The molecule has 0 spiro atoms. The summed E-state index contributed by atoms with van der Waals surface area (Å²) < 4.78 is 24.7. The highest BCUT2D eigenvalue weighted by atomic mass is 32.2. The van der Waals surface area contributed by atoms with Crippen molar-refractivity contribution in [3.8, 4) is 11.1 Å². The van der Waals surface area contributed by atoms with Gasteiger partial charge < -0.3 is 11.5 Å². The normalized spacial score (nSPS) is 11.1. The van der Waals surface area contributed by atoms with Gasteiger partial charge in [-0.15, -0.1) is 0 Å². The fraction of sp³-hybridized carbons (Fsp3) is 0.176. The van der Waals surface area contributed by atoms with Gasteiger partial charge in [0.15, 0.2) is 15.8 Å². The number of carbonyl (C=O) groups is 1. The molecule has 0 radical (unpaired) electrons. The zero-order chi connectivity index (χ0) is 18.1. The molecule has 0 saturated carbocycles. The number of nitrogens with two attached hydrogens (primary N) is 2. The molecule has 2 aromatic rings. The van der Waals surface area contributed by atoms with E-state index in [1.165, 1.54) is 0 Å². The maximum Gasteiger partial charge on any atom is 0.280 e. The molecule has 4 N–H and O–H groups in total. The molecule has 7 heteroatoms. The zero-order valence-electron chi connectivity index (χ0n) is 13.7. The molecule has 0 unspecified atom stereocenters. The van der Waals surface area contributed by atoms with Crippen LogP contribution >= 0.6 is 0 Å². The summed E-state index contributed by atoms with van der Waals surface area (Å²) in [5.74, 6) is -1.04. The van der Waals surface area contributed by atoms with Crippen molar-refractivity contribution in [2.24, 2.45) is 16.5 Å². The summed E-state index contributed by atoms with van der Waals surface area (Å²) in [5, 5.41) is 0. The number of hydrogen-bond donors (Lipinski definition) is 2. The molecule has 0 aliphatic carbocycles. The van der Waals surface area contributed by atoms with Crippen LogP contribution in [-0.4, -0.2) is 26.5 Å². The Labute approximate surface area is 141 Å². The van der Waals surface area contributed by atoms with Crippen LogP contribution in [0.2, 0.25) is 0 Å². The standard InChI is InChI=1S/C17H19N3O3S/c1-10-6-4-5-7-12(10)14-9-8-13(16(21)20-17(18)19)11(2)15(14)24(3,22)23/h4-9H,1-3H3,(H4,18,19,20,21). The van der Waals surface area contributed by atoms with Crippen LogP contribution in [0.4, 0.5) is 0 Å². The molecule has 2 aromatic carbocycles. The average Bonchev–Trinajstić information content (AvgIpc) is 2.45. The third-order valence-corrected chi connectivity index (χ3v) is 4.94. The van der Waals surface area contributed by atoms with Crippen molar-refractivity contribution < 1.29 is 13.2 Å². The van der Waals surface area contributed by atoms with Crippen molar-refractivity contribution in [2.75, 3.05) is 6.26 Å². The molecular formula is C17H19N3O3S. The lowest BCUT2D eigenvalue weighted by molar-refractivity contribution is 0.100. The van der Waals surface area contributed by atoms with E-state index in [1.807, 2.05) is 31.2 Å². The van der Waals surface area contributed by atoms with Gasteiger partial charge in [0.25, 0.3) is 5.91 Å². The van der Waals surface area contributed by atoms with E-state index in [1.54, 1.807) is 19.1 Å². The Bertz CT molecular complexity index is 944. The number of aryl methyl sites for hydroxylation is 1. The van der Waals surface area contributed by atoms with E-state index in [4.69, 9.17) is 11.5 Å². The van der Waals surface area contributed by atoms with Crippen LogP contribution in [0.25, 0.3) is 11.1 Å². The third kappa shape index (κ3) is 3.46. The molecule has 6 nitrogen and oxygen atoms in total. The van der Waals surface area contributed by atoms with Gasteiger partial charge in [0.1, 0.15) is 0 Å². The van der Waals surface area contributed by atoms with E-state index < -0.39 is 15.7 Å². The van der Waals surface area contributed by atoms with Crippen LogP contribution in [0, 0.1) is 13.8 Å². The number of guanidine groups is 1. The van der Waals surface area contributed by atoms with Crippen molar-refractivity contribution in [2.45, 2.75) is 18.7 Å². The fourth-order valence-electron chi connectivity index (χ4n) is 2.67. The van der Waals surface area contributed by atoms with Crippen molar-refractivity contribution >= 4 is 21.7 Å². The van der Waals surface area contributed by atoms with Gasteiger partial charge >= 0.3 is 0 Å². The van der Waals surface area contributed by atoms with Gasteiger partial charge in [-0.2, -0.15) is 4.99 Å². The lowest BCUT2D eigenvalue weighted by Crippen LogP contribution is -2.24. The van der Waals surface area contributed by atoms with E-state index in [9.17, 15) is 13.2 Å². The average molecular weight is 345 g/mol. The topological polar surface area (TPSA) is 116 Å². The first-order valence-electron chi connectivity index (χ1n) is 7.16. The van der Waals surface area contributed by atoms with E-state index in [0.717, 1.165) is 17.4 Å². The van der Waals surface area contributed by atoms with Crippen molar-refractivity contribution in [1.29, 1.82) is 0 Å². The number of aliphatic imine (C=N–C) groups is 1. The minimum atomic E-state index is -3.58. The van der Waals surface area contributed by atoms with Gasteiger partial charge in [-0.1, -0.05) is 30.3 Å². The third-order valence-electron chi connectivity index (χ3n) is 3.67. The van der Waals surface area contributed by atoms with Crippen LogP contribution in [-0.2, 0) is 9.84 Å². The van der Waals surface area contributed by atoms with E-state index in [2.05, 4.69) is 4.99 Å². The van der Waals surface area contributed by atoms with Crippen LogP contribution in [0.1, 0.15) is 21.5 Å². The Morgan fingerprint density at radius 1 is 1.00 bits per heavy atom. The maximum atomic E-state index is 12.4. The summed E-state index contributed by atoms with van der Waals surface area (Å²) in [6, 6.07) is 10.6. The van der Waals surface area contributed by atoms with Gasteiger partial charge in [0, 0.05) is 17.4 Å². The molecule has 0 fully saturated rings. The number of rotatable bonds is 3. The Kier molecular flexibility index (Phi) is 4.75. The number of hydrogen-bond acceptors (Lipinski definition) is 3. The molecule has 0 aliphatic rings. The quantitative estimate of drug-likeness (QED) is 0.650. The van der Waals surface area contributed by atoms with Gasteiger partial charge in [0.05, 0.1) is 4.90 Å². The second kappa shape index (κ2) is 6.45. The first-order chi connectivity index (χ1) is 11.1. The van der Waals surface area contributed by atoms with Crippen molar-refractivity contribution in [3.63, 3.8) is 0 Å². The number of nitrogens with zero attached hydrogens (tertiary/aromatic N) is 1. The molecule has 0 bridgehead atoms. The van der Waals surface area contributed by atoms with Crippen LogP contribution in [0.5, 0.6) is 0 Å². The predicted octanol–water partition coefficient (Wildman–Crippen LogP) is 1.79. The summed E-state index contributed by atoms with van der Waals surface area (Å²) in [4.78, 5) is 15.7. The number of sulfone groups is 1. The second-order valence-corrected chi connectivity index (χ2v) is 7.50. The van der Waals surface area contributed by atoms with Gasteiger partial charge in [-0.3, -0.25) is 4.79 Å². The molecule has 1 amide bonds. The second-order valence-electron chi connectivity index (χ2n) is 5.54.